The van der Waals surface area contributed by atoms with Crippen LogP contribution in [0.1, 0.15) is 36.7 Å². The van der Waals surface area contributed by atoms with Crippen molar-refractivity contribution in [3.63, 3.8) is 0 Å². The molecule has 1 N–H and O–H groups in total. The zero-order valence-electron chi connectivity index (χ0n) is 11.5. The Labute approximate surface area is 129 Å². The normalized spacial score (nSPS) is 11.0. The van der Waals surface area contributed by atoms with Gasteiger partial charge in [0, 0.05) is 10.9 Å². The zero-order chi connectivity index (χ0) is 15.1. The average molecular weight is 316 g/mol. The Morgan fingerprint density at radius 2 is 1.76 bits per heavy atom. The molecule has 0 radical (unpaired) electrons. The third-order valence-electron chi connectivity index (χ3n) is 3.46. The number of carboxylic acid groups (broad SMARTS) is 1. The standard InChI is InChI=1S/C16H12O3S2/c1-8-7-20-16-12(8)9(2)14(21-16)13(17)10-5-3-4-6-11(10)15(18)19/h3-7H,1-2H3,(H,18,19). The third kappa shape index (κ3) is 2.18. The van der Waals surface area contributed by atoms with Crippen LogP contribution in [0.2, 0.25) is 0 Å². The first-order valence-corrected chi connectivity index (χ1v) is 8.04. The minimum absolute atomic E-state index is 0.0513. The average Bonchev–Trinajstić information content (AvgIpc) is 2.99. The largest absolute Gasteiger partial charge is 0.478 e. The highest BCUT2D eigenvalue weighted by Crippen LogP contribution is 2.38. The fraction of sp³-hybridized carbons (Fsp3) is 0.125. The topological polar surface area (TPSA) is 54.4 Å². The van der Waals surface area contributed by atoms with Crippen molar-refractivity contribution < 1.29 is 14.7 Å². The second-order valence-corrected chi connectivity index (χ2v) is 6.98. The summed E-state index contributed by atoms with van der Waals surface area (Å²) in [5, 5.41) is 12.4. The number of rotatable bonds is 3. The summed E-state index contributed by atoms with van der Waals surface area (Å²) in [5.41, 5.74) is 2.41. The Bertz CT molecular complexity index is 871. The van der Waals surface area contributed by atoms with Crippen molar-refractivity contribution in [2.75, 3.05) is 0 Å². The summed E-state index contributed by atoms with van der Waals surface area (Å²) in [5.74, 6) is -1.29. The van der Waals surface area contributed by atoms with E-state index < -0.39 is 5.97 Å². The molecule has 0 aliphatic carbocycles. The van der Waals surface area contributed by atoms with Crippen LogP contribution in [0.15, 0.2) is 29.6 Å². The summed E-state index contributed by atoms with van der Waals surface area (Å²) in [6, 6.07) is 6.36. The van der Waals surface area contributed by atoms with Crippen LogP contribution in [-0.2, 0) is 0 Å². The molecule has 21 heavy (non-hydrogen) atoms. The minimum atomic E-state index is -1.08. The van der Waals surface area contributed by atoms with Crippen molar-refractivity contribution in [2.45, 2.75) is 13.8 Å². The van der Waals surface area contributed by atoms with Crippen LogP contribution in [0.3, 0.4) is 0 Å². The van der Waals surface area contributed by atoms with E-state index in [0.717, 1.165) is 20.5 Å². The minimum Gasteiger partial charge on any atom is -0.478 e. The van der Waals surface area contributed by atoms with Crippen molar-refractivity contribution in [3.05, 3.63) is 56.8 Å². The second kappa shape index (κ2) is 5.09. The fourth-order valence-electron chi connectivity index (χ4n) is 2.43. The van der Waals surface area contributed by atoms with Gasteiger partial charge in [-0.3, -0.25) is 4.79 Å². The molecule has 5 heteroatoms. The molecule has 0 saturated carbocycles. The molecule has 2 aromatic heterocycles. The van der Waals surface area contributed by atoms with Gasteiger partial charge in [-0.1, -0.05) is 18.2 Å². The van der Waals surface area contributed by atoms with E-state index in [1.54, 1.807) is 29.5 Å². The van der Waals surface area contributed by atoms with Crippen molar-refractivity contribution in [3.8, 4) is 0 Å². The van der Waals surface area contributed by atoms with E-state index in [-0.39, 0.29) is 16.9 Å². The number of fused-ring (bicyclic) bond motifs is 1. The van der Waals surface area contributed by atoms with Crippen molar-refractivity contribution in [2.24, 2.45) is 0 Å². The molecule has 3 nitrogen and oxygen atoms in total. The van der Waals surface area contributed by atoms with Crippen LogP contribution in [0, 0.1) is 13.8 Å². The number of benzene rings is 1. The predicted octanol–water partition coefficient (Wildman–Crippen LogP) is 4.51. The molecule has 0 unspecified atom stereocenters. The van der Waals surface area contributed by atoms with Gasteiger partial charge in [0.25, 0.3) is 0 Å². The Hall–Kier alpha value is -1.98. The van der Waals surface area contributed by atoms with Gasteiger partial charge in [-0.05, 0) is 36.4 Å². The lowest BCUT2D eigenvalue weighted by Crippen LogP contribution is -2.09. The zero-order valence-corrected chi connectivity index (χ0v) is 13.1. The molecular weight excluding hydrogens is 304 g/mol. The van der Waals surface area contributed by atoms with Crippen molar-refractivity contribution in [1.82, 2.24) is 0 Å². The Kier molecular flexibility index (Phi) is 3.39. The molecule has 0 spiro atoms. The lowest BCUT2D eigenvalue weighted by Gasteiger charge is -2.04. The number of hydrogen-bond donors (Lipinski definition) is 1. The number of hydrogen-bond acceptors (Lipinski definition) is 4. The molecular formula is C16H12O3S2. The smallest absolute Gasteiger partial charge is 0.336 e. The summed E-state index contributed by atoms with van der Waals surface area (Å²) in [6.45, 7) is 3.95. The van der Waals surface area contributed by atoms with Gasteiger partial charge in [-0.15, -0.1) is 22.7 Å². The van der Waals surface area contributed by atoms with Gasteiger partial charge >= 0.3 is 5.97 Å². The van der Waals surface area contributed by atoms with E-state index >= 15 is 0 Å². The van der Waals surface area contributed by atoms with Crippen molar-refractivity contribution in [1.29, 1.82) is 0 Å². The summed E-state index contributed by atoms with van der Waals surface area (Å²) >= 11 is 3.07. The first-order valence-electron chi connectivity index (χ1n) is 6.35. The molecule has 0 aliphatic rings. The molecule has 0 bridgehead atoms. The van der Waals surface area contributed by atoms with Crippen LogP contribution in [0.5, 0.6) is 0 Å². The number of aryl methyl sites for hydroxylation is 2. The van der Waals surface area contributed by atoms with Gasteiger partial charge in [0.1, 0.15) is 0 Å². The number of carboxylic acids is 1. The highest BCUT2D eigenvalue weighted by Gasteiger charge is 2.22. The van der Waals surface area contributed by atoms with Crippen molar-refractivity contribution >= 4 is 43.8 Å². The Morgan fingerprint density at radius 1 is 1.10 bits per heavy atom. The summed E-state index contributed by atoms with van der Waals surface area (Å²) < 4.78 is 1.11. The van der Waals surface area contributed by atoms with E-state index in [1.807, 2.05) is 13.8 Å². The van der Waals surface area contributed by atoms with Gasteiger partial charge < -0.3 is 5.11 Å². The van der Waals surface area contributed by atoms with Crippen LogP contribution in [0.25, 0.3) is 9.40 Å². The molecule has 0 amide bonds. The Morgan fingerprint density at radius 3 is 2.38 bits per heavy atom. The number of carbonyl (C=O) groups is 2. The molecule has 0 fully saturated rings. The second-order valence-electron chi connectivity index (χ2n) is 4.82. The maximum absolute atomic E-state index is 12.7. The number of ketones is 1. The SMILES string of the molecule is Cc1csc2sc(C(=O)c3ccccc3C(=O)O)c(C)c12. The van der Waals surface area contributed by atoms with Gasteiger partial charge in [0.2, 0.25) is 5.78 Å². The summed E-state index contributed by atoms with van der Waals surface area (Å²) in [4.78, 5) is 24.6. The van der Waals surface area contributed by atoms with E-state index in [4.69, 9.17) is 0 Å². The first kappa shape index (κ1) is 14.0. The Balaban J connectivity index is 2.17. The van der Waals surface area contributed by atoms with Gasteiger partial charge in [0.15, 0.2) is 0 Å². The fourth-order valence-corrected chi connectivity index (χ4v) is 4.91. The monoisotopic (exact) mass is 316 g/mol. The van der Waals surface area contributed by atoms with Crippen LogP contribution >= 0.6 is 22.7 Å². The maximum Gasteiger partial charge on any atom is 0.336 e. The van der Waals surface area contributed by atoms with Crippen LogP contribution in [0.4, 0.5) is 0 Å². The molecule has 0 saturated heterocycles. The lowest BCUT2D eigenvalue weighted by atomic mass is 10.0. The molecule has 3 rings (SSSR count). The molecule has 0 atom stereocenters. The first-order chi connectivity index (χ1) is 10.0. The van der Waals surface area contributed by atoms with Gasteiger partial charge in [-0.2, -0.15) is 0 Å². The van der Waals surface area contributed by atoms with E-state index in [0.29, 0.717) is 4.88 Å². The quantitative estimate of drug-likeness (QED) is 0.723. The summed E-state index contributed by atoms with van der Waals surface area (Å²) in [7, 11) is 0. The third-order valence-corrected chi connectivity index (χ3v) is 5.97. The van der Waals surface area contributed by atoms with Crippen LogP contribution in [-0.4, -0.2) is 16.9 Å². The maximum atomic E-state index is 12.7. The predicted molar refractivity (Wildman–Crippen MR) is 86.0 cm³/mol. The summed E-state index contributed by atoms with van der Waals surface area (Å²) in [6.07, 6.45) is 0. The van der Waals surface area contributed by atoms with Crippen LogP contribution < -0.4 is 0 Å². The van der Waals surface area contributed by atoms with Gasteiger partial charge in [-0.25, -0.2) is 4.79 Å². The molecule has 0 aliphatic heterocycles. The highest BCUT2D eigenvalue weighted by molar-refractivity contribution is 7.38. The van der Waals surface area contributed by atoms with E-state index in [2.05, 4.69) is 5.38 Å². The van der Waals surface area contributed by atoms with E-state index in [9.17, 15) is 14.7 Å². The molecule has 2 heterocycles. The number of aromatic carboxylic acids is 1. The highest BCUT2D eigenvalue weighted by atomic mass is 32.2. The number of carbonyl (C=O) groups excluding carboxylic acids is 1. The molecule has 106 valence electrons. The molecule has 3 aromatic rings. The van der Waals surface area contributed by atoms with E-state index in [1.165, 1.54) is 17.4 Å². The molecule has 1 aromatic carbocycles. The van der Waals surface area contributed by atoms with Gasteiger partial charge in [0.05, 0.1) is 14.5 Å². The number of thiophene rings is 2. The lowest BCUT2D eigenvalue weighted by molar-refractivity contribution is 0.0693.